The van der Waals surface area contributed by atoms with Crippen molar-refractivity contribution in [1.82, 2.24) is 4.31 Å². The number of ether oxygens (including phenoxy) is 1. The first-order valence-electron chi connectivity index (χ1n) is 5.93. The van der Waals surface area contributed by atoms with Crippen LogP contribution in [0.1, 0.15) is 27.7 Å². The second kappa shape index (κ2) is 4.91. The molecule has 0 aromatic heterocycles. The maximum Gasteiger partial charge on any atom is 0.448 e. The van der Waals surface area contributed by atoms with E-state index in [1.54, 1.807) is 0 Å². The van der Waals surface area contributed by atoms with Gasteiger partial charge in [-0.2, -0.15) is 30.6 Å². The Labute approximate surface area is 126 Å². The number of hydrogen-bond acceptors (Lipinski definition) is 3. The number of alkyl halides is 8. The third-order valence-corrected chi connectivity index (χ3v) is 6.16. The minimum absolute atomic E-state index is 0.0230. The van der Waals surface area contributed by atoms with Gasteiger partial charge in [-0.1, -0.05) is 0 Å². The molecule has 0 N–H and O–H groups in total. The molecule has 0 spiro atoms. The van der Waals surface area contributed by atoms with Crippen molar-refractivity contribution in [2.75, 3.05) is 0 Å². The predicted octanol–water partition coefficient (Wildman–Crippen LogP) is 3.25. The summed E-state index contributed by atoms with van der Waals surface area (Å²) in [5, 5.41) is -6.19. The highest BCUT2D eigenvalue weighted by atomic mass is 32.2. The Bertz CT molecular complexity index is 573. The van der Waals surface area contributed by atoms with E-state index in [-0.39, 0.29) is 4.31 Å². The van der Waals surface area contributed by atoms with Gasteiger partial charge in [0.05, 0.1) is 11.1 Å². The number of hydrogen-bond donors (Lipinski definition) is 0. The molecule has 1 aliphatic heterocycles. The number of sulfonamides is 1. The summed E-state index contributed by atoms with van der Waals surface area (Å²) in [5.41, 5.74) is -3.03. The van der Waals surface area contributed by atoms with E-state index in [0.29, 0.717) is 0 Å². The lowest BCUT2D eigenvalue weighted by Crippen LogP contribution is -2.55. The average Bonchev–Trinajstić information content (AvgIpc) is 2.66. The van der Waals surface area contributed by atoms with Crippen LogP contribution >= 0.6 is 0 Å². The molecule has 1 saturated heterocycles. The molecule has 0 saturated carbocycles. The van der Waals surface area contributed by atoms with Gasteiger partial charge in [0.1, 0.15) is 0 Å². The summed E-state index contributed by atoms with van der Waals surface area (Å²) >= 11 is 0. The van der Waals surface area contributed by atoms with Crippen molar-refractivity contribution in [3.05, 3.63) is 0 Å². The SMILES string of the molecule is CC1(C)N(S(=O)(=O)C(F)(F)C(F)(F)OC(F)(F)C(F)F)C1(C)C. The minimum Gasteiger partial charge on any atom is -0.245 e. The zero-order valence-corrected chi connectivity index (χ0v) is 13.0. The van der Waals surface area contributed by atoms with E-state index in [9.17, 15) is 43.5 Å². The highest BCUT2D eigenvalue weighted by molar-refractivity contribution is 7.90. The summed E-state index contributed by atoms with van der Waals surface area (Å²) in [7, 11) is -6.19. The number of nitrogens with zero attached hydrogens (tertiary/aromatic N) is 1. The maximum atomic E-state index is 13.7. The fourth-order valence-corrected chi connectivity index (χ4v) is 4.19. The maximum absolute atomic E-state index is 13.7. The Morgan fingerprint density at radius 3 is 1.52 bits per heavy atom. The van der Waals surface area contributed by atoms with Crippen LogP contribution in [0.4, 0.5) is 35.1 Å². The van der Waals surface area contributed by atoms with E-state index in [0.717, 1.165) is 27.7 Å². The molecule has 0 atom stereocenters. The molecule has 0 aromatic rings. The van der Waals surface area contributed by atoms with Crippen LogP contribution in [0.2, 0.25) is 0 Å². The highest BCUT2D eigenvalue weighted by Gasteiger charge is 2.80. The van der Waals surface area contributed by atoms with E-state index < -0.39 is 45.0 Å². The average molecular weight is 379 g/mol. The van der Waals surface area contributed by atoms with E-state index in [2.05, 4.69) is 4.74 Å². The van der Waals surface area contributed by atoms with Crippen LogP contribution in [-0.4, -0.2) is 47.7 Å². The van der Waals surface area contributed by atoms with E-state index in [1.165, 1.54) is 0 Å². The van der Waals surface area contributed by atoms with Gasteiger partial charge in [0.15, 0.2) is 0 Å². The zero-order valence-electron chi connectivity index (χ0n) is 12.2. The summed E-state index contributed by atoms with van der Waals surface area (Å²) < 4.78 is 128. The van der Waals surface area contributed by atoms with Gasteiger partial charge in [-0.25, -0.2) is 21.9 Å². The van der Waals surface area contributed by atoms with E-state index in [4.69, 9.17) is 0 Å². The highest BCUT2D eigenvalue weighted by Crippen LogP contribution is 2.58. The van der Waals surface area contributed by atoms with Crippen LogP contribution in [0.15, 0.2) is 0 Å². The van der Waals surface area contributed by atoms with Gasteiger partial charge in [-0.15, -0.1) is 0 Å². The molecule has 1 aliphatic rings. The third-order valence-electron chi connectivity index (χ3n) is 3.88. The van der Waals surface area contributed by atoms with E-state index >= 15 is 0 Å². The zero-order chi connectivity index (χ0) is 18.9. The molecule has 138 valence electrons. The van der Waals surface area contributed by atoms with Crippen LogP contribution in [-0.2, 0) is 14.8 Å². The van der Waals surface area contributed by atoms with Crippen molar-refractivity contribution >= 4 is 10.0 Å². The standard InChI is InChI=1S/C10H13F8NO3S/c1-6(2)7(3,4)19(6)23(20,21)10(17,18)9(15,16)22-8(13,14)5(11)12/h5H,1-4H3. The Morgan fingerprint density at radius 2 is 1.26 bits per heavy atom. The lowest BCUT2D eigenvalue weighted by molar-refractivity contribution is -0.435. The van der Waals surface area contributed by atoms with Crippen molar-refractivity contribution in [3.8, 4) is 0 Å². The third kappa shape index (κ3) is 2.69. The molecule has 0 aliphatic carbocycles. The molecule has 0 bridgehead atoms. The summed E-state index contributed by atoms with van der Waals surface area (Å²) in [6, 6.07) is 0. The molecule has 13 heteroatoms. The van der Waals surface area contributed by atoms with Crippen LogP contribution < -0.4 is 0 Å². The second-order valence-electron chi connectivity index (χ2n) is 5.89. The van der Waals surface area contributed by atoms with Gasteiger partial charge in [0, 0.05) is 0 Å². The Morgan fingerprint density at radius 1 is 0.913 bits per heavy atom. The van der Waals surface area contributed by atoms with Gasteiger partial charge in [-0.05, 0) is 27.7 Å². The van der Waals surface area contributed by atoms with Crippen molar-refractivity contribution in [1.29, 1.82) is 0 Å². The number of halogens is 8. The normalized spacial score (nSPS) is 22.5. The lowest BCUT2D eigenvalue weighted by Gasteiger charge is -2.29. The molecule has 0 radical (unpaired) electrons. The monoisotopic (exact) mass is 379 g/mol. The van der Waals surface area contributed by atoms with Crippen LogP contribution in [0, 0.1) is 0 Å². The first kappa shape index (κ1) is 20.4. The fourth-order valence-electron chi connectivity index (χ4n) is 2.01. The topological polar surface area (TPSA) is 46.4 Å². The molecule has 1 rings (SSSR count). The summed E-state index contributed by atoms with van der Waals surface area (Å²) in [6.07, 6.45) is -17.2. The van der Waals surface area contributed by atoms with Crippen molar-refractivity contribution in [2.24, 2.45) is 0 Å². The molecule has 1 heterocycles. The Hall–Kier alpha value is -0.690. The molecule has 1 fully saturated rings. The first-order valence-corrected chi connectivity index (χ1v) is 7.37. The van der Waals surface area contributed by atoms with Gasteiger partial charge in [-0.3, -0.25) is 0 Å². The minimum atomic E-state index is -6.39. The molecule has 0 amide bonds. The predicted molar refractivity (Wildman–Crippen MR) is 60.8 cm³/mol. The quantitative estimate of drug-likeness (QED) is 0.526. The van der Waals surface area contributed by atoms with Crippen molar-refractivity contribution in [2.45, 2.75) is 62.7 Å². The summed E-state index contributed by atoms with van der Waals surface area (Å²) in [4.78, 5) is 0. The largest absolute Gasteiger partial charge is 0.448 e. The van der Waals surface area contributed by atoms with Gasteiger partial charge in [0.25, 0.3) is 10.0 Å². The lowest BCUT2D eigenvalue weighted by atomic mass is 10.0. The van der Waals surface area contributed by atoms with E-state index in [1.807, 2.05) is 0 Å². The summed E-state index contributed by atoms with van der Waals surface area (Å²) in [5.74, 6) is 0. The summed E-state index contributed by atoms with van der Waals surface area (Å²) in [6.45, 7) is 4.53. The fraction of sp³-hybridized carbons (Fsp3) is 1.00. The van der Waals surface area contributed by atoms with Gasteiger partial charge in [0.2, 0.25) is 0 Å². The smallest absolute Gasteiger partial charge is 0.245 e. The van der Waals surface area contributed by atoms with Crippen molar-refractivity contribution in [3.63, 3.8) is 0 Å². The van der Waals surface area contributed by atoms with Crippen LogP contribution in [0.5, 0.6) is 0 Å². The first-order chi connectivity index (χ1) is 9.77. The van der Waals surface area contributed by atoms with Gasteiger partial charge < -0.3 is 0 Å². The van der Waals surface area contributed by atoms with Crippen molar-refractivity contribution < 1.29 is 48.3 Å². The number of rotatable bonds is 6. The molecule has 23 heavy (non-hydrogen) atoms. The van der Waals surface area contributed by atoms with Gasteiger partial charge >= 0.3 is 23.9 Å². The van der Waals surface area contributed by atoms with Crippen LogP contribution in [0.3, 0.4) is 0 Å². The molecule has 0 unspecified atom stereocenters. The molecular formula is C10H13F8NO3S. The second-order valence-corrected chi connectivity index (χ2v) is 7.71. The van der Waals surface area contributed by atoms with Crippen LogP contribution in [0.25, 0.3) is 0 Å². The molecule has 4 nitrogen and oxygen atoms in total. The molecule has 0 aromatic carbocycles. The Kier molecular flexibility index (Phi) is 4.35. The molecular weight excluding hydrogens is 366 g/mol. The Balaban J connectivity index is 3.25.